The summed E-state index contributed by atoms with van der Waals surface area (Å²) in [4.78, 5) is 10.3. The summed E-state index contributed by atoms with van der Waals surface area (Å²) in [7, 11) is 0. The van der Waals surface area contributed by atoms with Crippen molar-refractivity contribution in [3.8, 4) is 0 Å². The van der Waals surface area contributed by atoms with E-state index in [1.165, 1.54) is 0 Å². The van der Waals surface area contributed by atoms with Crippen LogP contribution in [0.4, 0.5) is 0 Å². The van der Waals surface area contributed by atoms with Crippen molar-refractivity contribution in [2.45, 2.75) is 13.0 Å². The predicted molar refractivity (Wildman–Crippen MR) is 37.8 cm³/mol. The molecule has 3 heteroatoms. The van der Waals surface area contributed by atoms with E-state index >= 15 is 0 Å². The highest BCUT2D eigenvalue weighted by molar-refractivity contribution is 5.53. The second-order valence-corrected chi connectivity index (χ2v) is 2.61. The first-order chi connectivity index (χ1) is 4.84. The summed E-state index contributed by atoms with van der Waals surface area (Å²) in [6, 6.07) is 0. The molecule has 1 saturated heterocycles. The highest BCUT2D eigenvalue weighted by Crippen LogP contribution is 2.05. The van der Waals surface area contributed by atoms with Gasteiger partial charge in [-0.25, -0.2) is 0 Å². The minimum atomic E-state index is 0.0211. The molecule has 0 amide bonds. The van der Waals surface area contributed by atoms with Gasteiger partial charge in [-0.2, -0.15) is 0 Å². The maximum atomic E-state index is 10.3. The number of carbonyl (C=O) groups excluding carboxylic acids is 1. The molecule has 0 spiro atoms. The van der Waals surface area contributed by atoms with Gasteiger partial charge in [-0.3, -0.25) is 0 Å². The fourth-order valence-corrected chi connectivity index (χ4v) is 1.01. The lowest BCUT2D eigenvalue weighted by molar-refractivity contribution is -0.116. The van der Waals surface area contributed by atoms with Crippen LogP contribution in [0.5, 0.6) is 0 Å². The van der Waals surface area contributed by atoms with E-state index in [0.717, 1.165) is 26.0 Å². The van der Waals surface area contributed by atoms with Crippen LogP contribution in [0.1, 0.15) is 6.92 Å². The monoisotopic (exact) mass is 143 g/mol. The molecule has 0 saturated carbocycles. The van der Waals surface area contributed by atoms with Gasteiger partial charge in [0, 0.05) is 19.0 Å². The molecule has 2 atom stereocenters. The Hall–Kier alpha value is -0.410. The molecule has 1 fully saturated rings. The summed E-state index contributed by atoms with van der Waals surface area (Å²) in [5.41, 5.74) is 0. The Morgan fingerprint density at radius 1 is 1.80 bits per heavy atom. The van der Waals surface area contributed by atoms with E-state index in [1.807, 2.05) is 6.92 Å². The van der Waals surface area contributed by atoms with E-state index in [-0.39, 0.29) is 12.0 Å². The van der Waals surface area contributed by atoms with Gasteiger partial charge in [0.25, 0.3) is 0 Å². The molecule has 1 N–H and O–H groups in total. The van der Waals surface area contributed by atoms with Gasteiger partial charge in [-0.1, -0.05) is 6.92 Å². The van der Waals surface area contributed by atoms with Crippen LogP contribution in [-0.2, 0) is 9.53 Å². The van der Waals surface area contributed by atoms with E-state index in [9.17, 15) is 4.79 Å². The van der Waals surface area contributed by atoms with Gasteiger partial charge in [0.15, 0.2) is 0 Å². The third-order valence-electron chi connectivity index (χ3n) is 1.76. The Morgan fingerprint density at radius 2 is 2.60 bits per heavy atom. The molecule has 0 aromatic rings. The van der Waals surface area contributed by atoms with Crippen molar-refractivity contribution in [3.63, 3.8) is 0 Å². The third kappa shape index (κ3) is 1.78. The molecular formula is C7H13NO2. The summed E-state index contributed by atoms with van der Waals surface area (Å²) in [5.74, 6) is 0.0211. The molecule has 10 heavy (non-hydrogen) atoms. The maximum Gasteiger partial charge on any atom is 0.125 e. The van der Waals surface area contributed by atoms with Crippen LogP contribution in [0.15, 0.2) is 0 Å². The molecule has 0 radical (unpaired) electrons. The van der Waals surface area contributed by atoms with Crippen molar-refractivity contribution in [2.24, 2.45) is 5.92 Å². The normalized spacial score (nSPS) is 29.5. The lowest BCUT2D eigenvalue weighted by atomic mass is 10.1. The standard InChI is InChI=1S/C7H13NO2/c1-6(5-9)7-4-8-2-3-10-7/h5-8H,2-4H2,1H3. The Bertz CT molecular complexity index is 110. The zero-order chi connectivity index (χ0) is 7.40. The molecule has 1 aliphatic rings. The van der Waals surface area contributed by atoms with Gasteiger partial charge >= 0.3 is 0 Å². The number of carbonyl (C=O) groups is 1. The van der Waals surface area contributed by atoms with E-state index < -0.39 is 0 Å². The quantitative estimate of drug-likeness (QED) is 0.544. The van der Waals surface area contributed by atoms with E-state index in [0.29, 0.717) is 0 Å². The fourth-order valence-electron chi connectivity index (χ4n) is 1.01. The number of rotatable bonds is 2. The molecule has 0 aliphatic carbocycles. The topological polar surface area (TPSA) is 38.3 Å². The van der Waals surface area contributed by atoms with Crippen molar-refractivity contribution in [2.75, 3.05) is 19.7 Å². The van der Waals surface area contributed by atoms with Crippen molar-refractivity contribution in [3.05, 3.63) is 0 Å². The highest BCUT2D eigenvalue weighted by atomic mass is 16.5. The van der Waals surface area contributed by atoms with Gasteiger partial charge in [0.1, 0.15) is 6.29 Å². The number of nitrogens with one attached hydrogen (secondary N) is 1. The van der Waals surface area contributed by atoms with Gasteiger partial charge in [-0.05, 0) is 0 Å². The Labute approximate surface area is 60.7 Å². The summed E-state index contributed by atoms with van der Waals surface area (Å²) < 4.78 is 5.34. The minimum absolute atomic E-state index is 0.0211. The molecule has 2 unspecified atom stereocenters. The first-order valence-corrected chi connectivity index (χ1v) is 3.62. The van der Waals surface area contributed by atoms with Crippen LogP contribution < -0.4 is 5.32 Å². The summed E-state index contributed by atoms with van der Waals surface area (Å²) in [5, 5.41) is 3.17. The number of aldehydes is 1. The average Bonchev–Trinajstić information content (AvgIpc) is 2.05. The first kappa shape index (κ1) is 7.69. The zero-order valence-corrected chi connectivity index (χ0v) is 6.17. The van der Waals surface area contributed by atoms with Gasteiger partial charge in [0.05, 0.1) is 12.7 Å². The molecule has 1 aliphatic heterocycles. The fraction of sp³-hybridized carbons (Fsp3) is 0.857. The first-order valence-electron chi connectivity index (χ1n) is 3.62. The molecule has 0 aromatic heterocycles. The second-order valence-electron chi connectivity index (χ2n) is 2.61. The lowest BCUT2D eigenvalue weighted by Crippen LogP contribution is -2.42. The molecular weight excluding hydrogens is 130 g/mol. The molecule has 1 heterocycles. The predicted octanol–water partition coefficient (Wildman–Crippen LogP) is -0.190. The van der Waals surface area contributed by atoms with E-state index in [1.54, 1.807) is 0 Å². The minimum Gasteiger partial charge on any atom is -0.375 e. The molecule has 0 aromatic carbocycles. The third-order valence-corrected chi connectivity index (χ3v) is 1.76. The number of morpholine rings is 1. The largest absolute Gasteiger partial charge is 0.375 e. The number of ether oxygens (including phenoxy) is 1. The smallest absolute Gasteiger partial charge is 0.125 e. The molecule has 3 nitrogen and oxygen atoms in total. The molecule has 1 rings (SSSR count). The summed E-state index contributed by atoms with van der Waals surface area (Å²) in [6.45, 7) is 4.31. The molecule has 58 valence electrons. The number of hydrogen-bond acceptors (Lipinski definition) is 3. The Morgan fingerprint density at radius 3 is 3.10 bits per heavy atom. The van der Waals surface area contributed by atoms with Gasteiger partial charge in [-0.15, -0.1) is 0 Å². The van der Waals surface area contributed by atoms with E-state index in [2.05, 4.69) is 5.32 Å². The van der Waals surface area contributed by atoms with Crippen molar-refractivity contribution < 1.29 is 9.53 Å². The van der Waals surface area contributed by atoms with Crippen molar-refractivity contribution in [1.82, 2.24) is 5.32 Å². The van der Waals surface area contributed by atoms with Crippen LogP contribution in [0.25, 0.3) is 0 Å². The van der Waals surface area contributed by atoms with Gasteiger partial charge < -0.3 is 14.8 Å². The Kier molecular flexibility index (Phi) is 2.83. The highest BCUT2D eigenvalue weighted by Gasteiger charge is 2.19. The van der Waals surface area contributed by atoms with Gasteiger partial charge in [0.2, 0.25) is 0 Å². The lowest BCUT2D eigenvalue weighted by Gasteiger charge is -2.25. The van der Waals surface area contributed by atoms with Crippen LogP contribution >= 0.6 is 0 Å². The molecule has 0 bridgehead atoms. The summed E-state index contributed by atoms with van der Waals surface area (Å²) in [6.07, 6.45) is 1.03. The van der Waals surface area contributed by atoms with Crippen LogP contribution in [0.2, 0.25) is 0 Å². The maximum absolute atomic E-state index is 10.3. The van der Waals surface area contributed by atoms with Crippen LogP contribution in [0, 0.1) is 5.92 Å². The number of hydrogen-bond donors (Lipinski definition) is 1. The van der Waals surface area contributed by atoms with Crippen LogP contribution in [0.3, 0.4) is 0 Å². The average molecular weight is 143 g/mol. The van der Waals surface area contributed by atoms with E-state index in [4.69, 9.17) is 4.74 Å². The van der Waals surface area contributed by atoms with Crippen molar-refractivity contribution in [1.29, 1.82) is 0 Å². The second kappa shape index (κ2) is 3.68. The van der Waals surface area contributed by atoms with Crippen LogP contribution in [-0.4, -0.2) is 32.1 Å². The Balaban J connectivity index is 2.30. The zero-order valence-electron chi connectivity index (χ0n) is 6.17. The SMILES string of the molecule is CC(C=O)C1CNCCO1. The summed E-state index contributed by atoms with van der Waals surface area (Å²) >= 11 is 0. The van der Waals surface area contributed by atoms with Crippen molar-refractivity contribution >= 4 is 6.29 Å².